The summed E-state index contributed by atoms with van der Waals surface area (Å²) >= 11 is 0. The molecule has 0 bridgehead atoms. The van der Waals surface area contributed by atoms with E-state index in [4.69, 9.17) is 0 Å². The minimum absolute atomic E-state index is 0.0973. The quantitative estimate of drug-likeness (QED) is 0.308. The Balaban J connectivity index is 0.000000375. The fraction of sp³-hybridized carbons (Fsp3) is 0.824. The van der Waals surface area contributed by atoms with Crippen LogP contribution in [0.5, 0.6) is 0 Å². The molecule has 2 heteroatoms. The van der Waals surface area contributed by atoms with Gasteiger partial charge in [0.05, 0.1) is 11.7 Å². The maximum absolute atomic E-state index is 10.0. The Morgan fingerprint density at radius 2 is 1.78 bits per heavy atom. The van der Waals surface area contributed by atoms with Crippen molar-refractivity contribution in [3.05, 3.63) is 34.9 Å². The summed E-state index contributed by atoms with van der Waals surface area (Å²) in [5.41, 5.74) is 4.86. The normalized spacial score (nSPS) is 29.0. The van der Waals surface area contributed by atoms with Crippen molar-refractivity contribution in [2.24, 2.45) is 17.3 Å². The molecule has 0 spiro atoms. The number of hydrogen-bond acceptors (Lipinski definition) is 2. The summed E-state index contributed by atoms with van der Waals surface area (Å²) in [5.74, 6) is 1.56. The van der Waals surface area contributed by atoms with Gasteiger partial charge in [-0.05, 0) is 94.3 Å². The largest absolute Gasteiger partial charge is 0.393 e. The molecule has 2 N–H and O–H groups in total. The van der Waals surface area contributed by atoms with Gasteiger partial charge in [-0.15, -0.1) is 0 Å². The first-order valence-electron chi connectivity index (χ1n) is 15.7. The highest BCUT2D eigenvalue weighted by atomic mass is 16.3. The molecular formula is C34H62O2. The van der Waals surface area contributed by atoms with Crippen molar-refractivity contribution in [2.75, 3.05) is 0 Å². The third kappa shape index (κ3) is 9.79. The van der Waals surface area contributed by atoms with Gasteiger partial charge in [0, 0.05) is 0 Å². The minimum Gasteiger partial charge on any atom is -0.393 e. The molecule has 210 valence electrons. The predicted molar refractivity (Wildman–Crippen MR) is 159 cm³/mol. The highest BCUT2D eigenvalue weighted by Crippen LogP contribution is 2.55. The molecule has 4 atom stereocenters. The number of hydrogen-bond donors (Lipinski definition) is 2. The number of fused-ring (bicyclic) bond motifs is 1. The van der Waals surface area contributed by atoms with E-state index >= 15 is 0 Å². The van der Waals surface area contributed by atoms with Gasteiger partial charge < -0.3 is 10.2 Å². The highest BCUT2D eigenvalue weighted by Gasteiger charge is 2.43. The van der Waals surface area contributed by atoms with Gasteiger partial charge in [-0.25, -0.2) is 0 Å². The smallest absolute Gasteiger partial charge is 0.0642 e. The summed E-state index contributed by atoms with van der Waals surface area (Å²) in [7, 11) is 0. The number of aliphatic hydroxyl groups excluding tert-OH is 1. The Morgan fingerprint density at radius 3 is 2.36 bits per heavy atom. The molecule has 36 heavy (non-hydrogen) atoms. The number of allylic oxidation sites excluding steroid dienone is 5. The maximum atomic E-state index is 10.0. The van der Waals surface area contributed by atoms with Crippen molar-refractivity contribution in [1.82, 2.24) is 0 Å². The predicted octanol–water partition coefficient (Wildman–Crippen LogP) is 10.1. The molecule has 4 unspecified atom stereocenters. The zero-order valence-electron chi connectivity index (χ0n) is 25.5. The summed E-state index contributed by atoms with van der Waals surface area (Å²) in [4.78, 5) is 0. The first-order chi connectivity index (χ1) is 17.2. The third-order valence-corrected chi connectivity index (χ3v) is 9.51. The molecule has 3 aliphatic carbocycles. The second-order valence-electron chi connectivity index (χ2n) is 11.8. The van der Waals surface area contributed by atoms with Crippen molar-refractivity contribution in [2.45, 2.75) is 163 Å². The monoisotopic (exact) mass is 502 g/mol. The van der Waals surface area contributed by atoms with Gasteiger partial charge in [0.2, 0.25) is 0 Å². The summed E-state index contributed by atoms with van der Waals surface area (Å²) in [6.07, 6.45) is 24.3. The lowest BCUT2D eigenvalue weighted by molar-refractivity contribution is 0.0203. The first kappa shape index (κ1) is 33.2. The van der Waals surface area contributed by atoms with Crippen LogP contribution in [0.1, 0.15) is 152 Å². The van der Waals surface area contributed by atoms with Crippen LogP contribution in [-0.2, 0) is 0 Å². The first-order valence-corrected chi connectivity index (χ1v) is 15.7. The standard InChI is InChI=1S/C20H30O.C12H26O.C2H6/c1-3-17-11-12-19-16(7-5-13-20(17,19)2)10-9-15-6-4-8-18(21)14-15;1-5-11(4)9-8-10-12(13,6-2)7-3;1-2/h9-11,18-19,21H,3-8,12-14H2,1-2H3;11,13H,5-10H2,1-4H3;1-2H3/b15-9-,16-10+;;. The van der Waals surface area contributed by atoms with Gasteiger partial charge in [-0.2, -0.15) is 0 Å². The van der Waals surface area contributed by atoms with E-state index in [9.17, 15) is 10.2 Å². The van der Waals surface area contributed by atoms with Gasteiger partial charge in [-0.1, -0.05) is 110 Å². The van der Waals surface area contributed by atoms with Crippen LogP contribution < -0.4 is 0 Å². The molecule has 0 aliphatic heterocycles. The van der Waals surface area contributed by atoms with Gasteiger partial charge in [0.1, 0.15) is 0 Å². The molecular weight excluding hydrogens is 440 g/mol. The molecule has 2 saturated carbocycles. The fourth-order valence-corrected chi connectivity index (χ4v) is 6.49. The molecule has 0 saturated heterocycles. The molecule has 3 rings (SSSR count). The fourth-order valence-electron chi connectivity index (χ4n) is 6.49. The molecule has 2 nitrogen and oxygen atoms in total. The lowest BCUT2D eigenvalue weighted by Gasteiger charge is -2.41. The van der Waals surface area contributed by atoms with Gasteiger partial charge >= 0.3 is 0 Å². The number of aliphatic hydroxyl groups is 2. The third-order valence-electron chi connectivity index (χ3n) is 9.51. The Morgan fingerprint density at radius 1 is 1.08 bits per heavy atom. The topological polar surface area (TPSA) is 40.5 Å². The Bertz CT molecular complexity index is 696. The Labute approximate surface area is 225 Å². The van der Waals surface area contributed by atoms with E-state index < -0.39 is 0 Å². The molecule has 0 radical (unpaired) electrons. The highest BCUT2D eigenvalue weighted by molar-refractivity contribution is 5.33. The van der Waals surface area contributed by atoms with Crippen LogP contribution in [0.2, 0.25) is 0 Å². The van der Waals surface area contributed by atoms with E-state index in [2.05, 4.69) is 59.8 Å². The van der Waals surface area contributed by atoms with Crippen LogP contribution in [0, 0.1) is 17.3 Å². The van der Waals surface area contributed by atoms with Crippen molar-refractivity contribution in [1.29, 1.82) is 0 Å². The van der Waals surface area contributed by atoms with Gasteiger partial charge in [0.25, 0.3) is 0 Å². The summed E-state index contributed by atoms with van der Waals surface area (Å²) in [6.45, 7) is 17.5. The summed E-state index contributed by atoms with van der Waals surface area (Å²) in [6, 6.07) is 0. The maximum Gasteiger partial charge on any atom is 0.0642 e. The van der Waals surface area contributed by atoms with E-state index in [-0.39, 0.29) is 11.7 Å². The lowest BCUT2D eigenvalue weighted by atomic mass is 9.64. The van der Waals surface area contributed by atoms with Crippen molar-refractivity contribution >= 4 is 0 Å². The van der Waals surface area contributed by atoms with E-state index in [1.54, 1.807) is 11.1 Å². The molecule has 0 heterocycles. The molecule has 0 aromatic rings. The summed E-state index contributed by atoms with van der Waals surface area (Å²) in [5, 5.41) is 19.8. The van der Waals surface area contributed by atoms with Crippen molar-refractivity contribution in [3.8, 4) is 0 Å². The zero-order chi connectivity index (χ0) is 27.2. The second-order valence-corrected chi connectivity index (χ2v) is 11.8. The molecule has 3 aliphatic rings. The van der Waals surface area contributed by atoms with Crippen LogP contribution >= 0.6 is 0 Å². The van der Waals surface area contributed by atoms with Crippen LogP contribution in [0.4, 0.5) is 0 Å². The zero-order valence-corrected chi connectivity index (χ0v) is 25.5. The second kappa shape index (κ2) is 16.9. The van der Waals surface area contributed by atoms with Gasteiger partial charge in [0.15, 0.2) is 0 Å². The lowest BCUT2D eigenvalue weighted by Crippen LogP contribution is -2.30. The molecule has 0 aromatic carbocycles. The number of rotatable bonds is 9. The van der Waals surface area contributed by atoms with Crippen molar-refractivity contribution in [3.63, 3.8) is 0 Å². The SMILES string of the molecule is CC.CCC(C)CCCC(O)(CC)CC.CCC1=CCC2/C(=C/C=C3/CCCC(O)C3)CCCC12C. The van der Waals surface area contributed by atoms with Crippen LogP contribution in [0.15, 0.2) is 34.9 Å². The van der Waals surface area contributed by atoms with Crippen LogP contribution in [0.25, 0.3) is 0 Å². The molecule has 2 fully saturated rings. The van der Waals surface area contributed by atoms with E-state index in [1.165, 1.54) is 63.4 Å². The molecule has 0 aromatic heterocycles. The Kier molecular flexibility index (Phi) is 15.5. The van der Waals surface area contributed by atoms with E-state index in [1.807, 2.05) is 13.8 Å². The van der Waals surface area contributed by atoms with Crippen LogP contribution in [-0.4, -0.2) is 21.9 Å². The average molecular weight is 503 g/mol. The van der Waals surface area contributed by atoms with Gasteiger partial charge in [-0.3, -0.25) is 0 Å². The van der Waals surface area contributed by atoms with E-state index in [0.29, 0.717) is 5.41 Å². The average Bonchev–Trinajstić information content (AvgIpc) is 3.25. The minimum atomic E-state index is -0.381. The molecule has 0 amide bonds. The summed E-state index contributed by atoms with van der Waals surface area (Å²) < 4.78 is 0. The Hall–Kier alpha value is -0.860. The van der Waals surface area contributed by atoms with Crippen LogP contribution in [0.3, 0.4) is 0 Å². The van der Waals surface area contributed by atoms with E-state index in [0.717, 1.165) is 50.4 Å². The van der Waals surface area contributed by atoms with Crippen molar-refractivity contribution < 1.29 is 10.2 Å².